The van der Waals surface area contributed by atoms with Crippen LogP contribution in [0, 0.1) is 6.92 Å². The lowest BCUT2D eigenvalue weighted by molar-refractivity contribution is -0.138. The third-order valence-electron chi connectivity index (χ3n) is 5.96. The van der Waals surface area contributed by atoms with Crippen molar-refractivity contribution >= 4 is 22.8 Å². The summed E-state index contributed by atoms with van der Waals surface area (Å²) in [6.07, 6.45) is 3.69. The van der Waals surface area contributed by atoms with Gasteiger partial charge in [-0.2, -0.15) is 0 Å². The summed E-state index contributed by atoms with van der Waals surface area (Å²) in [7, 11) is 0. The standard InChI is InChI=1S/C27H32N2O5/c1-4-5-6-15-34-24-17(2)7-10-21-16-22(26(31)29-23(21)24)25(30)28-14-13-19-8-11-20(12-9-19)18(3)27(32)33/h7-12,16,18H,4-6,13-15H2,1-3H3,(H,28,30)(H,29,31)(H,32,33). The Morgan fingerprint density at radius 2 is 1.85 bits per heavy atom. The predicted molar refractivity (Wildman–Crippen MR) is 133 cm³/mol. The number of carboxylic acids is 1. The molecule has 34 heavy (non-hydrogen) atoms. The van der Waals surface area contributed by atoms with E-state index in [2.05, 4.69) is 17.2 Å². The second-order valence-electron chi connectivity index (χ2n) is 8.55. The van der Waals surface area contributed by atoms with Gasteiger partial charge < -0.3 is 20.1 Å². The van der Waals surface area contributed by atoms with Crippen molar-refractivity contribution in [3.63, 3.8) is 0 Å². The molecule has 0 saturated heterocycles. The maximum atomic E-state index is 12.7. The van der Waals surface area contributed by atoms with E-state index in [9.17, 15) is 14.4 Å². The first kappa shape index (κ1) is 25.0. The minimum Gasteiger partial charge on any atom is -0.491 e. The van der Waals surface area contributed by atoms with Crippen LogP contribution in [-0.2, 0) is 11.2 Å². The third-order valence-corrected chi connectivity index (χ3v) is 5.96. The van der Waals surface area contributed by atoms with Crippen LogP contribution in [0.25, 0.3) is 10.9 Å². The number of nitrogens with one attached hydrogen (secondary N) is 2. The highest BCUT2D eigenvalue weighted by molar-refractivity contribution is 5.98. The Hall–Kier alpha value is -3.61. The number of carbonyl (C=O) groups is 2. The Bertz CT molecular complexity index is 1210. The number of H-pyrrole nitrogens is 1. The number of unbranched alkanes of at least 4 members (excludes halogenated alkanes) is 2. The number of benzene rings is 2. The molecule has 0 aliphatic rings. The summed E-state index contributed by atoms with van der Waals surface area (Å²) >= 11 is 0. The van der Waals surface area contributed by atoms with Gasteiger partial charge in [-0.3, -0.25) is 14.4 Å². The van der Waals surface area contributed by atoms with Gasteiger partial charge in [0.15, 0.2) is 0 Å². The molecule has 3 N–H and O–H groups in total. The molecule has 1 aromatic heterocycles. The van der Waals surface area contributed by atoms with Crippen molar-refractivity contribution in [3.05, 3.63) is 75.1 Å². The van der Waals surface area contributed by atoms with Crippen molar-refractivity contribution in [1.82, 2.24) is 10.3 Å². The van der Waals surface area contributed by atoms with E-state index in [0.717, 1.165) is 41.3 Å². The molecule has 7 nitrogen and oxygen atoms in total. The van der Waals surface area contributed by atoms with Crippen LogP contribution in [0.1, 0.15) is 66.1 Å². The van der Waals surface area contributed by atoms with Crippen molar-refractivity contribution in [2.24, 2.45) is 0 Å². The van der Waals surface area contributed by atoms with Gasteiger partial charge in [0.25, 0.3) is 11.5 Å². The van der Waals surface area contributed by atoms with Crippen LogP contribution in [0.5, 0.6) is 5.75 Å². The van der Waals surface area contributed by atoms with Crippen LogP contribution in [0.4, 0.5) is 0 Å². The number of aliphatic carboxylic acids is 1. The van der Waals surface area contributed by atoms with E-state index >= 15 is 0 Å². The van der Waals surface area contributed by atoms with Crippen molar-refractivity contribution in [2.75, 3.05) is 13.2 Å². The maximum Gasteiger partial charge on any atom is 0.310 e. The largest absolute Gasteiger partial charge is 0.491 e. The molecular formula is C27H32N2O5. The van der Waals surface area contributed by atoms with E-state index in [1.165, 1.54) is 0 Å². The maximum absolute atomic E-state index is 12.7. The number of aryl methyl sites for hydroxylation is 1. The fraction of sp³-hybridized carbons (Fsp3) is 0.370. The molecule has 1 amide bonds. The molecule has 3 rings (SSSR count). The van der Waals surface area contributed by atoms with E-state index in [1.807, 2.05) is 31.2 Å². The number of ether oxygens (including phenoxy) is 1. The smallest absolute Gasteiger partial charge is 0.310 e. The number of pyridine rings is 1. The molecule has 0 saturated carbocycles. The quantitative estimate of drug-likeness (QED) is 0.360. The van der Waals surface area contributed by atoms with Crippen LogP contribution in [0.2, 0.25) is 0 Å². The fourth-order valence-electron chi connectivity index (χ4n) is 3.77. The lowest BCUT2D eigenvalue weighted by Crippen LogP contribution is -2.31. The molecule has 0 aliphatic heterocycles. The Morgan fingerprint density at radius 3 is 2.53 bits per heavy atom. The SMILES string of the molecule is CCCCCOc1c(C)ccc2cc(C(=O)NCCc3ccc(C(C)C(=O)O)cc3)c(=O)[nH]c12. The van der Waals surface area contributed by atoms with Gasteiger partial charge in [0, 0.05) is 11.9 Å². The summed E-state index contributed by atoms with van der Waals surface area (Å²) in [5.41, 5.74) is 2.83. The predicted octanol–water partition coefficient (Wildman–Crippen LogP) is 4.57. The Kier molecular flexibility index (Phi) is 8.46. The van der Waals surface area contributed by atoms with Gasteiger partial charge in [-0.25, -0.2) is 0 Å². The average molecular weight is 465 g/mol. The Balaban J connectivity index is 1.67. The lowest BCUT2D eigenvalue weighted by Gasteiger charge is -2.13. The van der Waals surface area contributed by atoms with Gasteiger partial charge in [0.2, 0.25) is 0 Å². The monoisotopic (exact) mass is 464 g/mol. The number of hydrogen-bond acceptors (Lipinski definition) is 4. The molecule has 1 unspecified atom stereocenters. The highest BCUT2D eigenvalue weighted by atomic mass is 16.5. The molecule has 1 heterocycles. The number of aromatic nitrogens is 1. The van der Waals surface area contributed by atoms with E-state index in [0.29, 0.717) is 30.8 Å². The van der Waals surface area contributed by atoms with E-state index in [1.54, 1.807) is 25.1 Å². The van der Waals surface area contributed by atoms with Crippen LogP contribution in [-0.4, -0.2) is 35.1 Å². The van der Waals surface area contributed by atoms with Gasteiger partial charge in [0.1, 0.15) is 11.3 Å². The normalized spacial score (nSPS) is 11.9. The van der Waals surface area contributed by atoms with Gasteiger partial charge in [0.05, 0.1) is 18.0 Å². The second-order valence-corrected chi connectivity index (χ2v) is 8.55. The summed E-state index contributed by atoms with van der Waals surface area (Å²) in [4.78, 5) is 39.3. The number of carbonyl (C=O) groups excluding carboxylic acids is 1. The highest BCUT2D eigenvalue weighted by Crippen LogP contribution is 2.27. The van der Waals surface area contributed by atoms with E-state index < -0.39 is 23.4 Å². The topological polar surface area (TPSA) is 108 Å². The number of aromatic amines is 1. The molecule has 0 aliphatic carbocycles. The number of carboxylic acid groups (broad SMARTS) is 1. The third kappa shape index (κ3) is 6.04. The molecule has 7 heteroatoms. The fourth-order valence-corrected chi connectivity index (χ4v) is 3.77. The first-order valence-corrected chi connectivity index (χ1v) is 11.7. The summed E-state index contributed by atoms with van der Waals surface area (Å²) < 4.78 is 5.95. The Morgan fingerprint density at radius 1 is 1.12 bits per heavy atom. The summed E-state index contributed by atoms with van der Waals surface area (Å²) in [6.45, 7) is 6.63. The van der Waals surface area contributed by atoms with Crippen molar-refractivity contribution in [2.45, 2.75) is 52.4 Å². The lowest BCUT2D eigenvalue weighted by atomic mass is 9.99. The van der Waals surface area contributed by atoms with Crippen LogP contribution in [0.15, 0.2) is 47.3 Å². The minimum atomic E-state index is -0.869. The highest BCUT2D eigenvalue weighted by Gasteiger charge is 2.16. The first-order chi connectivity index (χ1) is 16.3. The number of hydrogen-bond donors (Lipinski definition) is 3. The molecule has 1 atom stereocenters. The molecular weight excluding hydrogens is 432 g/mol. The van der Waals surface area contributed by atoms with Gasteiger partial charge in [-0.05, 0) is 49.4 Å². The van der Waals surface area contributed by atoms with E-state index in [-0.39, 0.29) is 5.56 Å². The zero-order chi connectivity index (χ0) is 24.7. The minimum absolute atomic E-state index is 0.0546. The van der Waals surface area contributed by atoms with Crippen molar-refractivity contribution < 1.29 is 19.4 Å². The molecule has 3 aromatic rings. The zero-order valence-corrected chi connectivity index (χ0v) is 19.9. The summed E-state index contributed by atoms with van der Waals surface area (Å²) in [5.74, 6) is -1.23. The van der Waals surface area contributed by atoms with Crippen LogP contribution >= 0.6 is 0 Å². The molecule has 0 spiro atoms. The Labute approximate surface area is 199 Å². The van der Waals surface area contributed by atoms with Crippen molar-refractivity contribution in [1.29, 1.82) is 0 Å². The van der Waals surface area contributed by atoms with Gasteiger partial charge in [-0.15, -0.1) is 0 Å². The summed E-state index contributed by atoms with van der Waals surface area (Å²) in [6, 6.07) is 12.7. The number of amides is 1. The molecule has 180 valence electrons. The molecule has 0 bridgehead atoms. The molecule has 2 aromatic carbocycles. The number of rotatable bonds is 11. The van der Waals surface area contributed by atoms with Crippen LogP contribution < -0.4 is 15.6 Å². The number of fused-ring (bicyclic) bond motifs is 1. The molecule has 0 fully saturated rings. The van der Waals surface area contributed by atoms with E-state index in [4.69, 9.17) is 9.84 Å². The van der Waals surface area contributed by atoms with Crippen LogP contribution in [0.3, 0.4) is 0 Å². The molecule has 0 radical (unpaired) electrons. The van der Waals surface area contributed by atoms with Gasteiger partial charge >= 0.3 is 5.97 Å². The van der Waals surface area contributed by atoms with Gasteiger partial charge in [-0.1, -0.05) is 56.2 Å². The van der Waals surface area contributed by atoms with Crippen molar-refractivity contribution in [3.8, 4) is 5.75 Å². The first-order valence-electron chi connectivity index (χ1n) is 11.7. The second kappa shape index (κ2) is 11.5. The average Bonchev–Trinajstić information content (AvgIpc) is 2.82. The summed E-state index contributed by atoms with van der Waals surface area (Å²) in [5, 5.41) is 12.6. The zero-order valence-electron chi connectivity index (χ0n) is 19.9.